The smallest absolute Gasteiger partial charge is 0.340 e. The Kier molecular flexibility index (Phi) is 6.74. The van der Waals surface area contributed by atoms with Crippen LogP contribution in [0.3, 0.4) is 0 Å². The Hall–Kier alpha value is -2.19. The van der Waals surface area contributed by atoms with Crippen molar-refractivity contribution >= 4 is 54.7 Å². The minimum atomic E-state index is -0.464. The van der Waals surface area contributed by atoms with Gasteiger partial charge in [-0.2, -0.15) is 0 Å². The summed E-state index contributed by atoms with van der Waals surface area (Å²) in [6.45, 7) is 3.71. The van der Waals surface area contributed by atoms with Crippen LogP contribution in [-0.2, 0) is 21.4 Å². The molecule has 0 spiro atoms. The molecule has 1 aromatic heterocycles. The van der Waals surface area contributed by atoms with E-state index in [0.717, 1.165) is 16.8 Å². The molecule has 0 atom stereocenters. The fraction of sp³-hybridized carbons (Fsp3) is 0.238. The molecule has 0 saturated heterocycles. The molecule has 0 saturated carbocycles. The van der Waals surface area contributed by atoms with E-state index in [1.807, 2.05) is 4.57 Å². The summed E-state index contributed by atoms with van der Waals surface area (Å²) in [6, 6.07) is 9.65. The zero-order chi connectivity index (χ0) is 21.1. The Bertz CT molecular complexity index is 1080. The monoisotopic (exact) mass is 525 g/mol. The lowest BCUT2D eigenvalue weighted by molar-refractivity contribution is -0.131. The first kappa shape index (κ1) is 21.5. The van der Waals surface area contributed by atoms with E-state index in [1.54, 1.807) is 31.2 Å². The van der Waals surface area contributed by atoms with Gasteiger partial charge in [-0.3, -0.25) is 4.79 Å². The highest BCUT2D eigenvalue weighted by molar-refractivity contribution is 9.10. The molecular formula is C21H18Br2FNO4. The van der Waals surface area contributed by atoms with E-state index in [2.05, 4.69) is 31.9 Å². The Morgan fingerprint density at radius 3 is 2.45 bits per heavy atom. The summed E-state index contributed by atoms with van der Waals surface area (Å²) >= 11 is 6.90. The molecule has 2 aromatic carbocycles. The normalized spacial score (nSPS) is 10.9. The van der Waals surface area contributed by atoms with Crippen LogP contribution >= 0.6 is 31.9 Å². The molecule has 3 rings (SSSR count). The molecule has 5 nitrogen and oxygen atoms in total. The van der Waals surface area contributed by atoms with Gasteiger partial charge in [0.25, 0.3) is 0 Å². The Morgan fingerprint density at radius 1 is 1.17 bits per heavy atom. The molecule has 0 aliphatic carbocycles. The molecular weight excluding hydrogens is 509 g/mol. The number of halogens is 3. The number of ether oxygens (including phenoxy) is 2. The van der Waals surface area contributed by atoms with E-state index in [4.69, 9.17) is 9.47 Å². The summed E-state index contributed by atoms with van der Waals surface area (Å²) in [5.41, 5.74) is 2.76. The average Bonchev–Trinajstić information content (AvgIpc) is 2.96. The number of nitrogens with zero attached hydrogens (tertiary/aromatic N) is 1. The standard InChI is InChI=1S/C21H18Br2FNO4/c1-3-28-21(27)20-15-8-19(29-12(2)26)16(23)9-17(15)25(18(20)10-22)11-13-4-6-14(24)7-5-13/h4-9H,3,10-11H2,1-2H3. The number of benzene rings is 2. The lowest BCUT2D eigenvalue weighted by Crippen LogP contribution is -2.09. The second-order valence-electron chi connectivity index (χ2n) is 6.28. The second-order valence-corrected chi connectivity index (χ2v) is 7.70. The van der Waals surface area contributed by atoms with Gasteiger partial charge in [0.05, 0.1) is 22.2 Å². The minimum absolute atomic E-state index is 0.235. The topological polar surface area (TPSA) is 57.5 Å². The third-order valence-electron chi connectivity index (χ3n) is 4.34. The molecule has 0 fully saturated rings. The minimum Gasteiger partial charge on any atom is -0.462 e. The quantitative estimate of drug-likeness (QED) is 0.239. The van der Waals surface area contributed by atoms with Gasteiger partial charge in [-0.15, -0.1) is 0 Å². The molecule has 1 heterocycles. The van der Waals surface area contributed by atoms with Crippen LogP contribution in [0.4, 0.5) is 4.39 Å². The van der Waals surface area contributed by atoms with Gasteiger partial charge in [-0.1, -0.05) is 28.1 Å². The predicted molar refractivity (Wildman–Crippen MR) is 115 cm³/mol. The summed E-state index contributed by atoms with van der Waals surface area (Å²) in [7, 11) is 0. The maximum atomic E-state index is 13.3. The van der Waals surface area contributed by atoms with Crippen molar-refractivity contribution in [2.45, 2.75) is 25.7 Å². The number of fused-ring (bicyclic) bond motifs is 1. The van der Waals surface area contributed by atoms with Gasteiger partial charge in [-0.25, -0.2) is 9.18 Å². The summed E-state index contributed by atoms with van der Waals surface area (Å²) in [6.07, 6.45) is 0. The summed E-state index contributed by atoms with van der Waals surface area (Å²) in [4.78, 5) is 24.2. The Balaban J connectivity index is 2.25. The molecule has 0 aliphatic rings. The molecule has 152 valence electrons. The number of aromatic nitrogens is 1. The third-order valence-corrected chi connectivity index (χ3v) is 5.49. The first-order valence-electron chi connectivity index (χ1n) is 8.86. The van der Waals surface area contributed by atoms with Crippen molar-refractivity contribution < 1.29 is 23.5 Å². The summed E-state index contributed by atoms with van der Waals surface area (Å²) < 4.78 is 26.4. The van der Waals surface area contributed by atoms with Crippen molar-refractivity contribution in [1.82, 2.24) is 4.57 Å². The largest absolute Gasteiger partial charge is 0.462 e. The van der Waals surface area contributed by atoms with Gasteiger partial charge in [0.1, 0.15) is 11.6 Å². The van der Waals surface area contributed by atoms with Gasteiger partial charge in [0, 0.05) is 29.9 Å². The van der Waals surface area contributed by atoms with E-state index in [0.29, 0.717) is 33.0 Å². The highest BCUT2D eigenvalue weighted by Crippen LogP contribution is 2.37. The molecule has 0 bridgehead atoms. The zero-order valence-corrected chi connectivity index (χ0v) is 19.0. The molecule has 0 amide bonds. The Labute approximate surface area is 184 Å². The number of carbonyl (C=O) groups is 2. The number of hydrogen-bond acceptors (Lipinski definition) is 4. The van der Waals surface area contributed by atoms with E-state index in [-0.39, 0.29) is 12.4 Å². The molecule has 3 aromatic rings. The third kappa shape index (κ3) is 4.53. The van der Waals surface area contributed by atoms with E-state index in [1.165, 1.54) is 19.1 Å². The molecule has 0 unspecified atom stereocenters. The lowest BCUT2D eigenvalue weighted by Gasteiger charge is -2.11. The number of carbonyl (C=O) groups excluding carboxylic acids is 2. The van der Waals surface area contributed by atoms with Crippen LogP contribution in [0.1, 0.15) is 35.5 Å². The van der Waals surface area contributed by atoms with Crippen LogP contribution in [-0.4, -0.2) is 23.1 Å². The van der Waals surface area contributed by atoms with Gasteiger partial charge in [0.15, 0.2) is 0 Å². The predicted octanol–water partition coefficient (Wildman–Crippen LogP) is 5.59. The average molecular weight is 527 g/mol. The molecule has 8 heteroatoms. The molecule has 0 aliphatic heterocycles. The van der Waals surface area contributed by atoms with Crippen molar-refractivity contribution in [2.75, 3.05) is 6.61 Å². The molecule has 0 radical (unpaired) electrons. The maximum absolute atomic E-state index is 13.3. The zero-order valence-electron chi connectivity index (χ0n) is 15.8. The van der Waals surface area contributed by atoms with Crippen molar-refractivity contribution in [3.05, 3.63) is 63.5 Å². The van der Waals surface area contributed by atoms with Crippen LogP contribution in [0.5, 0.6) is 5.75 Å². The molecule has 0 N–H and O–H groups in total. The van der Waals surface area contributed by atoms with Gasteiger partial charge >= 0.3 is 11.9 Å². The number of hydrogen-bond donors (Lipinski definition) is 0. The second kappa shape index (κ2) is 9.09. The van der Waals surface area contributed by atoms with Crippen LogP contribution in [0.25, 0.3) is 10.9 Å². The van der Waals surface area contributed by atoms with Crippen LogP contribution < -0.4 is 4.74 Å². The van der Waals surface area contributed by atoms with Crippen molar-refractivity contribution in [3.63, 3.8) is 0 Å². The highest BCUT2D eigenvalue weighted by Gasteiger charge is 2.25. The van der Waals surface area contributed by atoms with Gasteiger partial charge < -0.3 is 14.0 Å². The van der Waals surface area contributed by atoms with Crippen LogP contribution in [0, 0.1) is 5.82 Å². The Morgan fingerprint density at radius 2 is 1.86 bits per heavy atom. The first-order valence-corrected chi connectivity index (χ1v) is 10.8. The van der Waals surface area contributed by atoms with Crippen LogP contribution in [0.2, 0.25) is 0 Å². The van der Waals surface area contributed by atoms with E-state index < -0.39 is 11.9 Å². The SMILES string of the molecule is CCOC(=O)c1c(CBr)n(Cc2ccc(F)cc2)c2cc(Br)c(OC(C)=O)cc12. The van der Waals surface area contributed by atoms with Gasteiger partial charge in [-0.05, 0) is 52.7 Å². The molecule has 29 heavy (non-hydrogen) atoms. The lowest BCUT2D eigenvalue weighted by atomic mass is 10.1. The highest BCUT2D eigenvalue weighted by atomic mass is 79.9. The van der Waals surface area contributed by atoms with Crippen molar-refractivity contribution in [3.8, 4) is 5.75 Å². The summed E-state index contributed by atoms with van der Waals surface area (Å²) in [5, 5.41) is 1.01. The number of rotatable bonds is 6. The maximum Gasteiger partial charge on any atom is 0.340 e. The number of alkyl halides is 1. The van der Waals surface area contributed by atoms with E-state index >= 15 is 0 Å². The van der Waals surface area contributed by atoms with Crippen LogP contribution in [0.15, 0.2) is 40.9 Å². The number of esters is 2. The van der Waals surface area contributed by atoms with Crippen molar-refractivity contribution in [2.24, 2.45) is 0 Å². The first-order chi connectivity index (χ1) is 13.8. The van der Waals surface area contributed by atoms with Gasteiger partial charge in [0.2, 0.25) is 0 Å². The fourth-order valence-corrected chi connectivity index (χ4v) is 4.15. The van der Waals surface area contributed by atoms with Crippen molar-refractivity contribution in [1.29, 1.82) is 0 Å². The summed E-state index contributed by atoms with van der Waals surface area (Å²) in [5.74, 6) is -0.918. The fourth-order valence-electron chi connectivity index (χ4n) is 3.16. The van der Waals surface area contributed by atoms with E-state index in [9.17, 15) is 14.0 Å².